The Bertz CT molecular complexity index is 501. The number of carbonyl (C=O) groups is 1. The summed E-state index contributed by atoms with van der Waals surface area (Å²) < 4.78 is 0. The maximum Gasteiger partial charge on any atom is 0.222 e. The van der Waals surface area contributed by atoms with E-state index < -0.39 is 0 Å². The average Bonchev–Trinajstić information content (AvgIpc) is 3.19. The zero-order valence-corrected chi connectivity index (χ0v) is 12.4. The highest BCUT2D eigenvalue weighted by molar-refractivity contribution is 6.30. The number of halogens is 1. The van der Waals surface area contributed by atoms with Gasteiger partial charge in [0.15, 0.2) is 0 Å². The first-order valence-corrected chi connectivity index (χ1v) is 7.79. The summed E-state index contributed by atoms with van der Waals surface area (Å²) in [6, 6.07) is 7.90. The molecular weight excluding hydrogens is 272 g/mol. The molecule has 0 spiro atoms. The minimum atomic E-state index is 0.178. The summed E-state index contributed by atoms with van der Waals surface area (Å²) >= 11 is 5.96. The number of nitrogens with zero attached hydrogens (tertiary/aromatic N) is 1. The molecule has 2 fully saturated rings. The summed E-state index contributed by atoms with van der Waals surface area (Å²) in [7, 11) is 0. The van der Waals surface area contributed by atoms with Crippen LogP contribution in [-0.2, 0) is 11.2 Å². The van der Waals surface area contributed by atoms with E-state index >= 15 is 0 Å². The molecule has 4 heteroatoms. The van der Waals surface area contributed by atoms with E-state index in [1.165, 1.54) is 12.8 Å². The second-order valence-electron chi connectivity index (χ2n) is 6.09. The van der Waals surface area contributed by atoms with Crippen molar-refractivity contribution in [1.82, 2.24) is 4.90 Å². The van der Waals surface area contributed by atoms with Crippen LogP contribution in [0.5, 0.6) is 0 Å². The Morgan fingerprint density at radius 2 is 2.15 bits per heavy atom. The number of hydrogen-bond acceptors (Lipinski definition) is 2. The van der Waals surface area contributed by atoms with Crippen molar-refractivity contribution < 1.29 is 4.79 Å². The fraction of sp³-hybridized carbons (Fsp3) is 0.562. The van der Waals surface area contributed by atoms with Crippen molar-refractivity contribution in [3.05, 3.63) is 34.9 Å². The van der Waals surface area contributed by atoms with Crippen molar-refractivity contribution in [2.24, 2.45) is 17.6 Å². The summed E-state index contributed by atoms with van der Waals surface area (Å²) in [4.78, 5) is 14.2. The number of aryl methyl sites for hydroxylation is 1. The van der Waals surface area contributed by atoms with Crippen LogP contribution in [0, 0.1) is 11.8 Å². The van der Waals surface area contributed by atoms with Gasteiger partial charge in [0.1, 0.15) is 0 Å². The Labute approximate surface area is 125 Å². The van der Waals surface area contributed by atoms with Crippen LogP contribution in [0.3, 0.4) is 0 Å². The van der Waals surface area contributed by atoms with E-state index in [0.717, 1.165) is 36.0 Å². The van der Waals surface area contributed by atoms with Crippen LogP contribution in [0.15, 0.2) is 24.3 Å². The van der Waals surface area contributed by atoms with Crippen molar-refractivity contribution in [2.45, 2.75) is 31.7 Å². The van der Waals surface area contributed by atoms with Crippen molar-refractivity contribution in [2.75, 3.05) is 13.1 Å². The van der Waals surface area contributed by atoms with Gasteiger partial charge >= 0.3 is 0 Å². The maximum atomic E-state index is 12.3. The predicted octanol–water partition coefficient (Wildman–Crippen LogP) is 2.47. The van der Waals surface area contributed by atoms with E-state index in [-0.39, 0.29) is 11.9 Å². The number of rotatable bonds is 4. The van der Waals surface area contributed by atoms with Crippen molar-refractivity contribution in [1.29, 1.82) is 0 Å². The molecule has 20 heavy (non-hydrogen) atoms. The van der Waals surface area contributed by atoms with Gasteiger partial charge in [-0.2, -0.15) is 0 Å². The first-order chi connectivity index (χ1) is 9.63. The Hall–Kier alpha value is -1.06. The van der Waals surface area contributed by atoms with Crippen molar-refractivity contribution in [3.63, 3.8) is 0 Å². The molecule has 1 aliphatic heterocycles. The van der Waals surface area contributed by atoms with E-state index in [9.17, 15) is 4.79 Å². The molecule has 2 atom stereocenters. The molecule has 0 aromatic heterocycles. The number of hydrogen-bond donors (Lipinski definition) is 1. The maximum absolute atomic E-state index is 12.3. The summed E-state index contributed by atoms with van der Waals surface area (Å²) in [5.41, 5.74) is 7.28. The molecule has 0 radical (unpaired) electrons. The van der Waals surface area contributed by atoms with Crippen LogP contribution in [-0.4, -0.2) is 29.9 Å². The van der Waals surface area contributed by atoms with Crippen LogP contribution < -0.4 is 5.73 Å². The lowest BCUT2D eigenvalue weighted by Crippen LogP contribution is -2.32. The molecule has 0 bridgehead atoms. The van der Waals surface area contributed by atoms with Gasteiger partial charge in [0.05, 0.1) is 0 Å². The molecule has 1 saturated heterocycles. The van der Waals surface area contributed by atoms with E-state index in [1.807, 2.05) is 29.2 Å². The van der Waals surface area contributed by atoms with E-state index in [0.29, 0.717) is 12.3 Å². The van der Waals surface area contributed by atoms with E-state index in [1.54, 1.807) is 0 Å². The summed E-state index contributed by atoms with van der Waals surface area (Å²) in [5.74, 6) is 1.53. The lowest BCUT2D eigenvalue weighted by atomic mass is 9.99. The second kappa shape index (κ2) is 5.74. The SMILES string of the molecule is NC1CN(C(=O)CCc2cccc(Cl)c2)CC1C1CC1. The smallest absolute Gasteiger partial charge is 0.222 e. The van der Waals surface area contributed by atoms with Gasteiger partial charge in [-0.3, -0.25) is 4.79 Å². The normalized spacial score (nSPS) is 26.0. The summed E-state index contributed by atoms with van der Waals surface area (Å²) in [6.45, 7) is 1.59. The standard InChI is InChI=1S/C16H21ClN2O/c17-13-3-1-2-11(8-13)4-7-16(20)19-9-14(12-5-6-12)15(18)10-19/h1-3,8,12,14-15H,4-7,9-10,18H2. The third-order valence-corrected chi connectivity index (χ3v) is 4.74. The molecule has 3 rings (SSSR count). The Balaban J connectivity index is 1.52. The number of amides is 1. The highest BCUT2D eigenvalue weighted by atomic mass is 35.5. The van der Waals surface area contributed by atoms with Crippen LogP contribution in [0.1, 0.15) is 24.8 Å². The Morgan fingerprint density at radius 3 is 2.85 bits per heavy atom. The summed E-state index contributed by atoms with van der Waals surface area (Å²) in [6.07, 6.45) is 3.88. The van der Waals surface area contributed by atoms with Crippen molar-refractivity contribution in [3.8, 4) is 0 Å². The van der Waals surface area contributed by atoms with Gasteiger partial charge in [-0.1, -0.05) is 23.7 Å². The highest BCUT2D eigenvalue weighted by Gasteiger charge is 2.41. The van der Waals surface area contributed by atoms with Gasteiger partial charge in [0, 0.05) is 30.6 Å². The third-order valence-electron chi connectivity index (χ3n) is 4.51. The lowest BCUT2D eigenvalue weighted by Gasteiger charge is -2.16. The number of likely N-dealkylation sites (tertiary alicyclic amines) is 1. The fourth-order valence-corrected chi connectivity index (χ4v) is 3.40. The average molecular weight is 293 g/mol. The molecule has 2 unspecified atom stereocenters. The third kappa shape index (κ3) is 3.15. The summed E-state index contributed by atoms with van der Waals surface area (Å²) in [5, 5.41) is 0.729. The molecule has 1 saturated carbocycles. The number of nitrogens with two attached hydrogens (primary N) is 1. The van der Waals surface area contributed by atoms with Crippen LogP contribution in [0.2, 0.25) is 5.02 Å². The fourth-order valence-electron chi connectivity index (χ4n) is 3.18. The zero-order valence-electron chi connectivity index (χ0n) is 11.6. The molecule has 2 aliphatic rings. The molecule has 2 N–H and O–H groups in total. The molecule has 1 amide bonds. The van der Waals surface area contributed by atoms with Gasteiger partial charge in [-0.05, 0) is 48.8 Å². The lowest BCUT2D eigenvalue weighted by molar-refractivity contribution is -0.130. The Kier molecular flexibility index (Phi) is 3.99. The first kappa shape index (κ1) is 13.9. The van der Waals surface area contributed by atoms with Gasteiger partial charge in [-0.15, -0.1) is 0 Å². The van der Waals surface area contributed by atoms with Gasteiger partial charge in [-0.25, -0.2) is 0 Å². The monoisotopic (exact) mass is 292 g/mol. The molecular formula is C16H21ClN2O. The van der Waals surface area contributed by atoms with Crippen LogP contribution in [0.25, 0.3) is 0 Å². The zero-order chi connectivity index (χ0) is 14.1. The number of benzene rings is 1. The molecule has 1 heterocycles. The highest BCUT2D eigenvalue weighted by Crippen LogP contribution is 2.40. The minimum absolute atomic E-state index is 0.178. The van der Waals surface area contributed by atoms with Gasteiger partial charge < -0.3 is 10.6 Å². The van der Waals surface area contributed by atoms with Crippen molar-refractivity contribution >= 4 is 17.5 Å². The first-order valence-electron chi connectivity index (χ1n) is 7.41. The largest absolute Gasteiger partial charge is 0.341 e. The Morgan fingerprint density at radius 1 is 1.35 bits per heavy atom. The quantitative estimate of drug-likeness (QED) is 0.927. The van der Waals surface area contributed by atoms with E-state index in [4.69, 9.17) is 17.3 Å². The van der Waals surface area contributed by atoms with Gasteiger partial charge in [0.25, 0.3) is 0 Å². The number of carbonyl (C=O) groups excluding carboxylic acids is 1. The van der Waals surface area contributed by atoms with Gasteiger partial charge in [0.2, 0.25) is 5.91 Å². The molecule has 1 aliphatic carbocycles. The molecule has 1 aromatic carbocycles. The second-order valence-corrected chi connectivity index (χ2v) is 6.53. The molecule has 108 valence electrons. The molecule has 3 nitrogen and oxygen atoms in total. The van der Waals surface area contributed by atoms with Crippen LogP contribution in [0.4, 0.5) is 0 Å². The minimum Gasteiger partial charge on any atom is -0.341 e. The predicted molar refractivity (Wildman–Crippen MR) is 80.5 cm³/mol. The topological polar surface area (TPSA) is 46.3 Å². The van der Waals surface area contributed by atoms with E-state index in [2.05, 4.69) is 0 Å². The van der Waals surface area contributed by atoms with Crippen LogP contribution >= 0.6 is 11.6 Å². The molecule has 1 aromatic rings.